The van der Waals surface area contributed by atoms with Gasteiger partial charge in [0, 0.05) is 35.1 Å². The Labute approximate surface area is 198 Å². The largest absolute Gasteiger partial charge is 0.383 e. The van der Waals surface area contributed by atoms with Crippen LogP contribution in [0.2, 0.25) is 5.02 Å². The number of benzene rings is 1. The summed E-state index contributed by atoms with van der Waals surface area (Å²) in [4.78, 5) is 17.5. The number of amides is 1. The molecule has 0 aliphatic heterocycles. The van der Waals surface area contributed by atoms with Crippen LogP contribution in [-0.4, -0.2) is 36.6 Å². The number of guanidine groups is 1. The normalized spacial score (nSPS) is 13.2. The number of anilines is 1. The van der Waals surface area contributed by atoms with E-state index in [0.717, 1.165) is 10.4 Å². The van der Waals surface area contributed by atoms with Gasteiger partial charge < -0.3 is 21.1 Å². The highest BCUT2D eigenvalue weighted by Gasteiger charge is 2.24. The summed E-state index contributed by atoms with van der Waals surface area (Å²) in [7, 11) is 0. The van der Waals surface area contributed by atoms with Gasteiger partial charge in [0.2, 0.25) is 5.91 Å². The van der Waals surface area contributed by atoms with Gasteiger partial charge in [0.25, 0.3) is 0 Å². The van der Waals surface area contributed by atoms with Gasteiger partial charge in [0.05, 0.1) is 6.54 Å². The van der Waals surface area contributed by atoms with Gasteiger partial charge in [-0.05, 0) is 49.9 Å². The van der Waals surface area contributed by atoms with Crippen LogP contribution < -0.4 is 16.0 Å². The van der Waals surface area contributed by atoms with Crippen molar-refractivity contribution in [3.8, 4) is 0 Å². The van der Waals surface area contributed by atoms with E-state index >= 15 is 0 Å². The van der Waals surface area contributed by atoms with E-state index in [1.165, 1.54) is 11.3 Å². The molecule has 0 saturated carbocycles. The maximum atomic E-state index is 12.2. The Morgan fingerprint density at radius 1 is 1.28 bits per heavy atom. The number of carbonyl (C=O) groups excluding carboxylic acids is 1. The van der Waals surface area contributed by atoms with Gasteiger partial charge in [0.1, 0.15) is 5.60 Å². The lowest BCUT2D eigenvalue weighted by molar-refractivity contribution is -0.116. The fraction of sp³-hybridized carbons (Fsp3) is 0.400. The fourth-order valence-electron chi connectivity index (χ4n) is 2.49. The first kappa shape index (κ1) is 25.7. The molecule has 9 heteroatoms. The van der Waals surface area contributed by atoms with Crippen molar-refractivity contribution in [3.63, 3.8) is 0 Å². The predicted molar refractivity (Wildman–Crippen MR) is 133 cm³/mol. The third-order valence-electron chi connectivity index (χ3n) is 4.13. The fourth-order valence-corrected chi connectivity index (χ4v) is 3.44. The molecule has 2 rings (SSSR count). The third kappa shape index (κ3) is 8.12. The Bertz CT molecular complexity index is 813. The van der Waals surface area contributed by atoms with E-state index < -0.39 is 5.60 Å². The number of halogens is 2. The topological polar surface area (TPSA) is 85.8 Å². The molecule has 1 aromatic carbocycles. The zero-order chi connectivity index (χ0) is 20.6. The van der Waals surface area contributed by atoms with E-state index in [2.05, 4.69) is 20.9 Å². The molecule has 1 unspecified atom stereocenters. The first-order valence-electron chi connectivity index (χ1n) is 9.17. The highest BCUT2D eigenvalue weighted by atomic mass is 127. The van der Waals surface area contributed by atoms with Crippen LogP contribution in [0.3, 0.4) is 0 Å². The van der Waals surface area contributed by atoms with Crippen LogP contribution in [0.4, 0.5) is 5.69 Å². The number of nitrogens with one attached hydrogen (secondary N) is 3. The Morgan fingerprint density at radius 3 is 2.69 bits per heavy atom. The van der Waals surface area contributed by atoms with E-state index in [1.807, 2.05) is 37.4 Å². The van der Waals surface area contributed by atoms with Crippen molar-refractivity contribution in [2.75, 3.05) is 25.0 Å². The van der Waals surface area contributed by atoms with Gasteiger partial charge in [-0.1, -0.05) is 23.7 Å². The first-order valence-corrected chi connectivity index (χ1v) is 10.4. The zero-order valence-corrected chi connectivity index (χ0v) is 20.7. The molecule has 1 heterocycles. The Balaban J connectivity index is 0.00000420. The van der Waals surface area contributed by atoms with E-state index in [9.17, 15) is 9.90 Å². The Kier molecular flexibility index (Phi) is 10.9. The van der Waals surface area contributed by atoms with E-state index in [1.54, 1.807) is 19.1 Å². The maximum Gasteiger partial charge on any atom is 0.226 e. The van der Waals surface area contributed by atoms with Crippen LogP contribution in [0, 0.1) is 6.92 Å². The van der Waals surface area contributed by atoms with Crippen molar-refractivity contribution in [2.45, 2.75) is 32.8 Å². The molecule has 1 atom stereocenters. The Hall–Kier alpha value is -1.36. The monoisotopic (exact) mass is 550 g/mol. The lowest BCUT2D eigenvalue weighted by atomic mass is 10.1. The number of rotatable bonds is 8. The summed E-state index contributed by atoms with van der Waals surface area (Å²) < 4.78 is 0. The minimum atomic E-state index is -1.03. The second-order valence-corrected chi connectivity index (χ2v) is 7.94. The van der Waals surface area contributed by atoms with Crippen LogP contribution >= 0.6 is 46.9 Å². The summed E-state index contributed by atoms with van der Waals surface area (Å²) >= 11 is 7.58. The standard InChI is InChI=1S/C20H27ClN4O2S.HI/c1-4-22-19(24-13-20(3,27)17-9-6-12-28-17)23-11-10-18(26)25-16-8-5-7-15(21)14(16)2;/h5-9,12,27H,4,10-11,13H2,1-3H3,(H,25,26)(H2,22,23,24);1H. The summed E-state index contributed by atoms with van der Waals surface area (Å²) in [6.45, 7) is 6.89. The van der Waals surface area contributed by atoms with Gasteiger partial charge in [-0.2, -0.15) is 0 Å². The quantitative estimate of drug-likeness (QED) is 0.226. The number of nitrogens with zero attached hydrogens (tertiary/aromatic N) is 1. The number of aliphatic imine (C=N–C) groups is 1. The van der Waals surface area contributed by atoms with E-state index in [-0.39, 0.29) is 42.8 Å². The average molecular weight is 551 g/mol. The number of thiophene rings is 1. The smallest absolute Gasteiger partial charge is 0.226 e. The lowest BCUT2D eigenvalue weighted by Crippen LogP contribution is -2.40. The van der Waals surface area contributed by atoms with E-state index in [4.69, 9.17) is 11.6 Å². The minimum absolute atomic E-state index is 0. The SMILES string of the molecule is CCNC(=NCC(C)(O)c1cccs1)NCCC(=O)Nc1cccc(Cl)c1C.I. The van der Waals surface area contributed by atoms with Crippen molar-refractivity contribution in [2.24, 2.45) is 4.99 Å². The molecular formula is C20H28ClIN4O2S. The van der Waals surface area contributed by atoms with Crippen molar-refractivity contribution < 1.29 is 9.90 Å². The predicted octanol–water partition coefficient (Wildman–Crippen LogP) is 4.12. The summed E-state index contributed by atoms with van der Waals surface area (Å²) in [5.74, 6) is 0.449. The molecule has 0 aliphatic carbocycles. The molecule has 2 aromatic rings. The molecule has 0 radical (unpaired) electrons. The number of hydrogen-bond donors (Lipinski definition) is 4. The summed E-state index contributed by atoms with van der Waals surface area (Å²) in [6, 6.07) is 9.21. The highest BCUT2D eigenvalue weighted by Crippen LogP contribution is 2.25. The van der Waals surface area contributed by atoms with Crippen LogP contribution in [-0.2, 0) is 10.4 Å². The number of hydrogen-bond acceptors (Lipinski definition) is 4. The molecule has 1 aromatic heterocycles. The Morgan fingerprint density at radius 2 is 2.03 bits per heavy atom. The molecular weight excluding hydrogens is 523 g/mol. The van der Waals surface area contributed by atoms with Crippen LogP contribution in [0.5, 0.6) is 0 Å². The molecule has 0 bridgehead atoms. The minimum Gasteiger partial charge on any atom is -0.383 e. The van der Waals surface area contributed by atoms with Crippen molar-refractivity contribution in [3.05, 3.63) is 51.2 Å². The lowest BCUT2D eigenvalue weighted by Gasteiger charge is -2.20. The molecule has 0 spiro atoms. The summed E-state index contributed by atoms with van der Waals surface area (Å²) in [5, 5.41) is 22.3. The van der Waals surface area contributed by atoms with Gasteiger partial charge in [0.15, 0.2) is 5.96 Å². The summed E-state index contributed by atoms with van der Waals surface area (Å²) in [5.41, 5.74) is 0.527. The van der Waals surface area contributed by atoms with Crippen LogP contribution in [0.15, 0.2) is 40.7 Å². The molecule has 4 N–H and O–H groups in total. The third-order valence-corrected chi connectivity index (χ3v) is 5.66. The molecule has 0 saturated heterocycles. The van der Waals surface area contributed by atoms with Gasteiger partial charge in [-0.3, -0.25) is 4.79 Å². The van der Waals surface area contributed by atoms with Crippen LogP contribution in [0.25, 0.3) is 0 Å². The van der Waals surface area contributed by atoms with Gasteiger partial charge >= 0.3 is 0 Å². The van der Waals surface area contributed by atoms with Gasteiger partial charge in [-0.15, -0.1) is 35.3 Å². The van der Waals surface area contributed by atoms with Crippen LogP contribution in [0.1, 0.15) is 30.7 Å². The first-order chi connectivity index (χ1) is 13.3. The molecule has 160 valence electrons. The number of carbonyl (C=O) groups is 1. The van der Waals surface area contributed by atoms with Gasteiger partial charge in [-0.25, -0.2) is 4.99 Å². The molecule has 29 heavy (non-hydrogen) atoms. The maximum absolute atomic E-state index is 12.2. The molecule has 6 nitrogen and oxygen atoms in total. The second-order valence-electron chi connectivity index (χ2n) is 6.58. The second kappa shape index (κ2) is 12.4. The van der Waals surface area contributed by atoms with E-state index in [0.29, 0.717) is 29.8 Å². The zero-order valence-electron chi connectivity index (χ0n) is 16.8. The molecule has 0 aliphatic rings. The van der Waals surface area contributed by atoms with Crippen molar-refractivity contribution >= 4 is 64.5 Å². The average Bonchev–Trinajstić information content (AvgIpc) is 3.19. The molecule has 1 amide bonds. The molecule has 0 fully saturated rings. The van der Waals surface area contributed by atoms with Crippen molar-refractivity contribution in [1.82, 2.24) is 10.6 Å². The number of aliphatic hydroxyl groups is 1. The van der Waals surface area contributed by atoms with Crippen molar-refractivity contribution in [1.29, 1.82) is 0 Å². The highest BCUT2D eigenvalue weighted by molar-refractivity contribution is 14.0. The summed E-state index contributed by atoms with van der Waals surface area (Å²) in [6.07, 6.45) is 0.275.